The number of nitrogens with two attached hydrogens (primary N) is 1. The summed E-state index contributed by atoms with van der Waals surface area (Å²) < 4.78 is 0. The summed E-state index contributed by atoms with van der Waals surface area (Å²) in [7, 11) is 0. The first-order valence-electron chi connectivity index (χ1n) is 6.26. The molecule has 1 atom stereocenters. The molecule has 0 heterocycles. The van der Waals surface area contributed by atoms with E-state index in [1.165, 1.54) is 36.1 Å². The highest BCUT2D eigenvalue weighted by Crippen LogP contribution is 2.34. The molecule has 0 spiro atoms. The fourth-order valence-electron chi connectivity index (χ4n) is 2.21. The lowest BCUT2D eigenvalue weighted by atomic mass is 10.0. The second-order valence-corrected chi connectivity index (χ2v) is 6.10. The molecule has 16 heavy (non-hydrogen) atoms. The summed E-state index contributed by atoms with van der Waals surface area (Å²) in [6, 6.07) is 8.97. The zero-order valence-electron chi connectivity index (χ0n) is 9.99. The van der Waals surface area contributed by atoms with E-state index in [2.05, 4.69) is 31.2 Å². The summed E-state index contributed by atoms with van der Waals surface area (Å²) in [4.78, 5) is 1.42. The van der Waals surface area contributed by atoms with Crippen LogP contribution in [0.2, 0.25) is 0 Å². The van der Waals surface area contributed by atoms with E-state index in [1.807, 2.05) is 11.8 Å². The fraction of sp³-hybridized carbons (Fsp3) is 0.571. The van der Waals surface area contributed by atoms with Crippen molar-refractivity contribution in [3.63, 3.8) is 0 Å². The molecule has 1 aromatic rings. The van der Waals surface area contributed by atoms with E-state index in [0.29, 0.717) is 5.92 Å². The van der Waals surface area contributed by atoms with Crippen LogP contribution in [0.5, 0.6) is 0 Å². The molecular weight excluding hydrogens is 214 g/mol. The normalized spacial score (nSPS) is 18.9. The number of benzene rings is 1. The zero-order chi connectivity index (χ0) is 11.4. The minimum atomic E-state index is 0.477. The second-order valence-electron chi connectivity index (χ2n) is 4.73. The summed E-state index contributed by atoms with van der Waals surface area (Å²) >= 11 is 2.05. The molecule has 1 fully saturated rings. The van der Waals surface area contributed by atoms with Gasteiger partial charge in [-0.1, -0.05) is 31.9 Å². The Labute approximate surface area is 103 Å². The van der Waals surface area contributed by atoms with E-state index in [0.717, 1.165) is 11.8 Å². The molecule has 0 aromatic heterocycles. The smallest absolute Gasteiger partial charge is 0.00944 e. The molecule has 88 valence electrons. The van der Waals surface area contributed by atoms with Gasteiger partial charge in [-0.2, -0.15) is 0 Å². The first kappa shape index (κ1) is 12.0. The van der Waals surface area contributed by atoms with Crippen molar-refractivity contribution in [2.75, 3.05) is 6.54 Å². The maximum absolute atomic E-state index is 5.67. The van der Waals surface area contributed by atoms with Gasteiger partial charge in [0, 0.05) is 10.1 Å². The Bertz CT molecular complexity index is 314. The van der Waals surface area contributed by atoms with Gasteiger partial charge < -0.3 is 5.73 Å². The highest BCUT2D eigenvalue weighted by Gasteiger charge is 2.15. The van der Waals surface area contributed by atoms with Crippen molar-refractivity contribution in [3.05, 3.63) is 29.8 Å². The van der Waals surface area contributed by atoms with Gasteiger partial charge in [0.15, 0.2) is 0 Å². The summed E-state index contributed by atoms with van der Waals surface area (Å²) in [5.41, 5.74) is 7.03. The van der Waals surface area contributed by atoms with Crippen LogP contribution in [-0.2, 0) is 0 Å². The molecule has 2 heteroatoms. The SMILES string of the molecule is CC(CN)c1ccc(SC2CCCC2)cc1. The van der Waals surface area contributed by atoms with E-state index in [-0.39, 0.29) is 0 Å². The topological polar surface area (TPSA) is 26.0 Å². The Morgan fingerprint density at radius 3 is 2.44 bits per heavy atom. The van der Waals surface area contributed by atoms with Crippen LogP contribution in [-0.4, -0.2) is 11.8 Å². The maximum Gasteiger partial charge on any atom is 0.00944 e. The van der Waals surface area contributed by atoms with Crippen molar-refractivity contribution >= 4 is 11.8 Å². The van der Waals surface area contributed by atoms with Gasteiger partial charge in [0.05, 0.1) is 0 Å². The number of rotatable bonds is 4. The van der Waals surface area contributed by atoms with Crippen LogP contribution in [0.15, 0.2) is 29.2 Å². The lowest BCUT2D eigenvalue weighted by molar-refractivity contribution is 0.773. The van der Waals surface area contributed by atoms with Gasteiger partial charge in [-0.15, -0.1) is 11.8 Å². The molecule has 1 aliphatic rings. The van der Waals surface area contributed by atoms with Crippen LogP contribution in [0.4, 0.5) is 0 Å². The first-order valence-corrected chi connectivity index (χ1v) is 7.14. The molecule has 0 bridgehead atoms. The van der Waals surface area contributed by atoms with Gasteiger partial charge >= 0.3 is 0 Å². The Morgan fingerprint density at radius 1 is 1.25 bits per heavy atom. The van der Waals surface area contributed by atoms with Crippen LogP contribution in [0.3, 0.4) is 0 Å². The fourth-order valence-corrected chi connectivity index (χ4v) is 3.46. The van der Waals surface area contributed by atoms with E-state index < -0.39 is 0 Å². The molecule has 0 aliphatic heterocycles. The first-order chi connectivity index (χ1) is 7.79. The predicted molar refractivity (Wildman–Crippen MR) is 72.0 cm³/mol. The van der Waals surface area contributed by atoms with Crippen molar-refractivity contribution < 1.29 is 0 Å². The molecule has 1 saturated carbocycles. The third kappa shape index (κ3) is 3.02. The van der Waals surface area contributed by atoms with Gasteiger partial charge in [0.2, 0.25) is 0 Å². The van der Waals surface area contributed by atoms with Crippen molar-refractivity contribution in [2.24, 2.45) is 5.73 Å². The van der Waals surface area contributed by atoms with E-state index in [9.17, 15) is 0 Å². The van der Waals surface area contributed by atoms with Crippen molar-refractivity contribution in [2.45, 2.75) is 48.7 Å². The average molecular weight is 235 g/mol. The lowest BCUT2D eigenvalue weighted by Crippen LogP contribution is -2.08. The molecule has 2 rings (SSSR count). The molecule has 1 aromatic carbocycles. The average Bonchev–Trinajstić information content (AvgIpc) is 2.82. The third-order valence-electron chi connectivity index (χ3n) is 3.41. The molecule has 1 unspecified atom stereocenters. The number of hydrogen-bond donors (Lipinski definition) is 1. The van der Waals surface area contributed by atoms with Crippen LogP contribution in [0, 0.1) is 0 Å². The summed E-state index contributed by atoms with van der Waals surface area (Å²) in [5.74, 6) is 0.477. The van der Waals surface area contributed by atoms with E-state index in [1.54, 1.807) is 0 Å². The second kappa shape index (κ2) is 5.74. The summed E-state index contributed by atoms with van der Waals surface area (Å²) in [5, 5.41) is 0.859. The Morgan fingerprint density at radius 2 is 1.88 bits per heavy atom. The molecule has 0 amide bonds. The van der Waals surface area contributed by atoms with E-state index >= 15 is 0 Å². The minimum Gasteiger partial charge on any atom is -0.330 e. The Kier molecular flexibility index (Phi) is 4.30. The third-order valence-corrected chi connectivity index (χ3v) is 4.76. The van der Waals surface area contributed by atoms with Crippen LogP contribution < -0.4 is 5.73 Å². The molecule has 2 N–H and O–H groups in total. The van der Waals surface area contributed by atoms with Gasteiger partial charge in [-0.3, -0.25) is 0 Å². The van der Waals surface area contributed by atoms with E-state index in [4.69, 9.17) is 5.73 Å². The van der Waals surface area contributed by atoms with Crippen LogP contribution in [0.1, 0.15) is 44.1 Å². The molecule has 0 saturated heterocycles. The van der Waals surface area contributed by atoms with Gasteiger partial charge in [0.25, 0.3) is 0 Å². The maximum atomic E-state index is 5.67. The van der Waals surface area contributed by atoms with Gasteiger partial charge in [-0.25, -0.2) is 0 Å². The van der Waals surface area contributed by atoms with Crippen LogP contribution >= 0.6 is 11.8 Å². The highest BCUT2D eigenvalue weighted by molar-refractivity contribution is 8.00. The van der Waals surface area contributed by atoms with Crippen molar-refractivity contribution in [1.29, 1.82) is 0 Å². The Balaban J connectivity index is 1.96. The molecule has 0 radical (unpaired) electrons. The largest absolute Gasteiger partial charge is 0.330 e. The highest BCUT2D eigenvalue weighted by atomic mass is 32.2. The molecular formula is C14H21NS. The monoisotopic (exact) mass is 235 g/mol. The Hall–Kier alpha value is -0.470. The summed E-state index contributed by atoms with van der Waals surface area (Å²) in [6.45, 7) is 2.91. The molecule has 1 nitrogen and oxygen atoms in total. The van der Waals surface area contributed by atoms with Crippen molar-refractivity contribution in [3.8, 4) is 0 Å². The number of thioether (sulfide) groups is 1. The number of hydrogen-bond acceptors (Lipinski definition) is 2. The predicted octanol–water partition coefficient (Wildman–Crippen LogP) is 3.78. The van der Waals surface area contributed by atoms with Gasteiger partial charge in [0.1, 0.15) is 0 Å². The molecule has 1 aliphatic carbocycles. The van der Waals surface area contributed by atoms with Crippen molar-refractivity contribution in [1.82, 2.24) is 0 Å². The zero-order valence-corrected chi connectivity index (χ0v) is 10.8. The standard InChI is InChI=1S/C14H21NS/c1-11(10-15)12-6-8-14(9-7-12)16-13-4-2-3-5-13/h6-9,11,13H,2-5,10,15H2,1H3. The lowest BCUT2D eigenvalue weighted by Gasteiger charge is -2.11. The van der Waals surface area contributed by atoms with Crippen LogP contribution in [0.25, 0.3) is 0 Å². The van der Waals surface area contributed by atoms with Gasteiger partial charge in [-0.05, 0) is 43.0 Å². The quantitative estimate of drug-likeness (QED) is 0.859. The minimum absolute atomic E-state index is 0.477. The summed E-state index contributed by atoms with van der Waals surface area (Å²) in [6.07, 6.45) is 5.62.